The third-order valence-corrected chi connectivity index (χ3v) is 9.00. The third kappa shape index (κ3) is 4.83. The Balaban J connectivity index is 1.39. The van der Waals surface area contributed by atoms with Crippen molar-refractivity contribution in [3.63, 3.8) is 0 Å². The van der Waals surface area contributed by atoms with Gasteiger partial charge in [0.2, 0.25) is 0 Å². The predicted molar refractivity (Wildman–Crippen MR) is 195 cm³/mol. The number of furan rings is 1. The number of benzene rings is 7. The van der Waals surface area contributed by atoms with E-state index in [9.17, 15) is 0 Å². The number of hydrogen-bond acceptors (Lipinski definition) is 2. The van der Waals surface area contributed by atoms with Gasteiger partial charge in [-0.05, 0) is 69.6 Å². The Morgan fingerprint density at radius 2 is 0.957 bits per heavy atom. The van der Waals surface area contributed by atoms with Crippen LogP contribution in [-0.2, 0) is 5.41 Å². The van der Waals surface area contributed by atoms with Gasteiger partial charge in [-0.25, -0.2) is 0 Å². The van der Waals surface area contributed by atoms with Crippen molar-refractivity contribution >= 4 is 49.8 Å². The first-order chi connectivity index (χ1) is 22.5. The normalized spacial score (nSPS) is 11.8. The fourth-order valence-electron chi connectivity index (χ4n) is 6.73. The summed E-state index contributed by atoms with van der Waals surface area (Å²) in [4.78, 5) is 2.39. The van der Waals surface area contributed by atoms with Gasteiger partial charge in [-0.3, -0.25) is 0 Å². The molecule has 0 saturated carbocycles. The van der Waals surface area contributed by atoms with Gasteiger partial charge in [0.05, 0.1) is 5.69 Å². The maximum Gasteiger partial charge on any atom is 0.143 e. The average Bonchev–Trinajstić information content (AvgIpc) is 3.48. The summed E-state index contributed by atoms with van der Waals surface area (Å²) < 4.78 is 6.66. The highest BCUT2D eigenvalue weighted by Crippen LogP contribution is 2.46. The molecule has 0 bridgehead atoms. The summed E-state index contributed by atoms with van der Waals surface area (Å²) in [7, 11) is 0. The van der Waals surface area contributed by atoms with Gasteiger partial charge in [-0.15, -0.1) is 0 Å². The Morgan fingerprint density at radius 1 is 0.457 bits per heavy atom. The SMILES string of the molecule is CC(C)(C)c1cccc2oc3c4ccccc4c(N(c4ccc(-c5ccccc5)cc4)c4ccc(-c5ccccc5)cc4)cc3c12. The number of nitrogens with zero attached hydrogens (tertiary/aromatic N) is 1. The number of rotatable bonds is 5. The number of fused-ring (bicyclic) bond motifs is 5. The van der Waals surface area contributed by atoms with Crippen molar-refractivity contribution in [3.8, 4) is 22.3 Å². The molecule has 0 saturated heterocycles. The van der Waals surface area contributed by atoms with E-state index in [2.05, 4.69) is 183 Å². The van der Waals surface area contributed by atoms with E-state index in [1.165, 1.54) is 33.2 Å². The van der Waals surface area contributed by atoms with Crippen LogP contribution in [0.25, 0.3) is 55.0 Å². The maximum absolute atomic E-state index is 6.66. The average molecular weight is 594 g/mol. The van der Waals surface area contributed by atoms with Gasteiger partial charge in [0.1, 0.15) is 11.2 Å². The molecule has 1 heterocycles. The second-order valence-electron chi connectivity index (χ2n) is 13.0. The fraction of sp³-hybridized carbons (Fsp3) is 0.0909. The van der Waals surface area contributed by atoms with E-state index in [-0.39, 0.29) is 5.41 Å². The van der Waals surface area contributed by atoms with Crippen LogP contribution in [0.4, 0.5) is 17.1 Å². The molecule has 0 N–H and O–H groups in total. The second kappa shape index (κ2) is 11.1. The quantitative estimate of drug-likeness (QED) is 0.197. The van der Waals surface area contributed by atoms with Crippen LogP contribution >= 0.6 is 0 Å². The molecule has 7 aromatic carbocycles. The molecule has 0 unspecified atom stereocenters. The second-order valence-corrected chi connectivity index (χ2v) is 13.0. The van der Waals surface area contributed by atoms with E-state index < -0.39 is 0 Å². The van der Waals surface area contributed by atoms with Crippen molar-refractivity contribution in [1.29, 1.82) is 0 Å². The Morgan fingerprint density at radius 3 is 1.50 bits per heavy atom. The van der Waals surface area contributed by atoms with Crippen LogP contribution in [0.3, 0.4) is 0 Å². The van der Waals surface area contributed by atoms with Crippen molar-refractivity contribution in [3.05, 3.63) is 163 Å². The van der Waals surface area contributed by atoms with E-state index in [1.54, 1.807) is 0 Å². The molecule has 8 rings (SSSR count). The molecule has 0 aliphatic rings. The molecule has 8 aromatic rings. The smallest absolute Gasteiger partial charge is 0.143 e. The summed E-state index contributed by atoms with van der Waals surface area (Å²) in [6.45, 7) is 6.83. The van der Waals surface area contributed by atoms with Crippen LogP contribution in [0.5, 0.6) is 0 Å². The first-order valence-corrected chi connectivity index (χ1v) is 15.9. The molecule has 222 valence electrons. The molecule has 2 nitrogen and oxygen atoms in total. The molecule has 0 fully saturated rings. The summed E-state index contributed by atoms with van der Waals surface area (Å²) >= 11 is 0. The Bertz CT molecular complexity index is 2230. The van der Waals surface area contributed by atoms with Crippen LogP contribution in [0, 0.1) is 0 Å². The third-order valence-electron chi connectivity index (χ3n) is 9.00. The first-order valence-electron chi connectivity index (χ1n) is 15.9. The minimum absolute atomic E-state index is 0.0393. The predicted octanol–water partition coefficient (Wildman–Crippen LogP) is 12.8. The molecule has 0 spiro atoms. The Labute approximate surface area is 270 Å². The van der Waals surface area contributed by atoms with Crippen molar-refractivity contribution in [2.24, 2.45) is 0 Å². The largest absolute Gasteiger partial charge is 0.455 e. The van der Waals surface area contributed by atoms with Crippen molar-refractivity contribution in [2.75, 3.05) is 4.90 Å². The molecule has 1 aromatic heterocycles. The van der Waals surface area contributed by atoms with Crippen LogP contribution in [0.2, 0.25) is 0 Å². The van der Waals surface area contributed by atoms with Crippen LogP contribution < -0.4 is 4.90 Å². The van der Waals surface area contributed by atoms with Gasteiger partial charge in [0.25, 0.3) is 0 Å². The summed E-state index contributed by atoms with van der Waals surface area (Å²) in [6.07, 6.45) is 0. The zero-order chi connectivity index (χ0) is 31.3. The minimum Gasteiger partial charge on any atom is -0.455 e. The minimum atomic E-state index is -0.0393. The fourth-order valence-corrected chi connectivity index (χ4v) is 6.73. The molecule has 0 aliphatic heterocycles. The lowest BCUT2D eigenvalue weighted by molar-refractivity contribution is 0.594. The maximum atomic E-state index is 6.66. The molecule has 0 aliphatic carbocycles. The van der Waals surface area contributed by atoms with Gasteiger partial charge in [-0.2, -0.15) is 0 Å². The summed E-state index contributed by atoms with van der Waals surface area (Å²) in [6, 6.07) is 56.4. The van der Waals surface area contributed by atoms with E-state index >= 15 is 0 Å². The van der Waals surface area contributed by atoms with Crippen molar-refractivity contribution < 1.29 is 4.42 Å². The Kier molecular flexibility index (Phi) is 6.73. The summed E-state index contributed by atoms with van der Waals surface area (Å²) in [5.41, 5.74) is 11.2. The molecular weight excluding hydrogens is 558 g/mol. The lowest BCUT2D eigenvalue weighted by atomic mass is 9.84. The standard InChI is InChI=1S/C44H35NO/c1-44(2,3)39-19-12-20-41-42(39)38-29-40(36-17-10-11-18-37(36)43(38)46-41)45(34-25-21-32(22-26-34)30-13-6-4-7-14-30)35-27-23-33(24-28-35)31-15-8-5-9-16-31/h4-29H,1-3H3. The Hall–Kier alpha value is -5.60. The monoisotopic (exact) mass is 593 g/mol. The highest BCUT2D eigenvalue weighted by atomic mass is 16.3. The van der Waals surface area contributed by atoms with Crippen LogP contribution in [0.15, 0.2) is 162 Å². The van der Waals surface area contributed by atoms with Gasteiger partial charge in [-0.1, -0.05) is 142 Å². The zero-order valence-electron chi connectivity index (χ0n) is 26.4. The molecule has 0 atom stereocenters. The van der Waals surface area contributed by atoms with E-state index in [0.717, 1.165) is 44.4 Å². The van der Waals surface area contributed by atoms with Gasteiger partial charge in [0.15, 0.2) is 0 Å². The highest BCUT2D eigenvalue weighted by Gasteiger charge is 2.24. The first kappa shape index (κ1) is 27.9. The van der Waals surface area contributed by atoms with E-state index in [4.69, 9.17) is 4.42 Å². The number of hydrogen-bond donors (Lipinski definition) is 0. The lowest BCUT2D eigenvalue weighted by Crippen LogP contribution is -2.12. The van der Waals surface area contributed by atoms with Crippen LogP contribution in [-0.4, -0.2) is 0 Å². The van der Waals surface area contributed by atoms with Crippen molar-refractivity contribution in [2.45, 2.75) is 26.2 Å². The topological polar surface area (TPSA) is 16.4 Å². The highest BCUT2D eigenvalue weighted by molar-refractivity contribution is 6.20. The molecule has 0 amide bonds. The summed E-state index contributed by atoms with van der Waals surface area (Å²) in [5, 5.41) is 4.58. The van der Waals surface area contributed by atoms with Gasteiger partial charge >= 0.3 is 0 Å². The van der Waals surface area contributed by atoms with Gasteiger partial charge in [0, 0.05) is 32.9 Å². The van der Waals surface area contributed by atoms with E-state index in [1.807, 2.05) is 0 Å². The van der Waals surface area contributed by atoms with Gasteiger partial charge < -0.3 is 9.32 Å². The van der Waals surface area contributed by atoms with Crippen molar-refractivity contribution in [1.82, 2.24) is 0 Å². The molecule has 0 radical (unpaired) electrons. The molecule has 2 heteroatoms. The van der Waals surface area contributed by atoms with E-state index in [0.29, 0.717) is 0 Å². The van der Waals surface area contributed by atoms with Crippen LogP contribution in [0.1, 0.15) is 26.3 Å². The number of anilines is 3. The lowest BCUT2D eigenvalue weighted by Gasteiger charge is -2.27. The molecular formula is C44H35NO. The summed E-state index contributed by atoms with van der Waals surface area (Å²) in [5.74, 6) is 0. The molecule has 46 heavy (non-hydrogen) atoms. The zero-order valence-corrected chi connectivity index (χ0v) is 26.4.